The van der Waals surface area contributed by atoms with E-state index in [2.05, 4.69) is 5.32 Å². The number of hydrogen-bond donors (Lipinski definition) is 1. The fraction of sp³-hybridized carbons (Fsp3) is 0.381. The van der Waals surface area contributed by atoms with Crippen LogP contribution in [0.2, 0.25) is 0 Å². The van der Waals surface area contributed by atoms with Gasteiger partial charge in [0.15, 0.2) is 11.5 Å². The molecule has 0 atom stereocenters. The minimum absolute atomic E-state index is 0.0642. The molecule has 1 aliphatic rings. The van der Waals surface area contributed by atoms with Crippen LogP contribution in [0.5, 0.6) is 11.5 Å². The van der Waals surface area contributed by atoms with Crippen molar-refractivity contribution < 1.29 is 22.7 Å². The molecular weight excluding hydrogens is 392 g/mol. The van der Waals surface area contributed by atoms with Gasteiger partial charge in [-0.2, -0.15) is 4.31 Å². The van der Waals surface area contributed by atoms with Crippen LogP contribution in [0.3, 0.4) is 0 Å². The third kappa shape index (κ3) is 5.48. The van der Waals surface area contributed by atoms with Crippen molar-refractivity contribution >= 4 is 15.9 Å². The van der Waals surface area contributed by atoms with Crippen molar-refractivity contribution in [3.05, 3.63) is 54.1 Å². The van der Waals surface area contributed by atoms with Crippen molar-refractivity contribution in [3.63, 3.8) is 0 Å². The SMILES string of the molecule is CC(C)CNC(=O)CN(Cc1ccccc1)S(=O)(=O)c1ccc2c(c1)OCCO2. The number of carbonyl (C=O) groups excluding carboxylic acids is 1. The van der Waals surface area contributed by atoms with Crippen LogP contribution in [-0.2, 0) is 21.4 Å². The summed E-state index contributed by atoms with van der Waals surface area (Å²) in [4.78, 5) is 12.5. The lowest BCUT2D eigenvalue weighted by atomic mass is 10.2. The Balaban J connectivity index is 1.87. The zero-order valence-corrected chi connectivity index (χ0v) is 17.4. The second kappa shape index (κ2) is 9.28. The molecule has 8 heteroatoms. The van der Waals surface area contributed by atoms with E-state index in [1.807, 2.05) is 44.2 Å². The van der Waals surface area contributed by atoms with Gasteiger partial charge in [-0.3, -0.25) is 4.79 Å². The van der Waals surface area contributed by atoms with E-state index in [1.54, 1.807) is 6.07 Å². The molecule has 0 aromatic heterocycles. The summed E-state index contributed by atoms with van der Waals surface area (Å²) in [7, 11) is -3.93. The fourth-order valence-electron chi connectivity index (χ4n) is 2.88. The third-order valence-corrected chi connectivity index (χ3v) is 6.17. The van der Waals surface area contributed by atoms with Crippen LogP contribution < -0.4 is 14.8 Å². The molecule has 2 aromatic carbocycles. The monoisotopic (exact) mass is 418 g/mol. The number of carbonyl (C=O) groups is 1. The van der Waals surface area contributed by atoms with E-state index < -0.39 is 10.0 Å². The van der Waals surface area contributed by atoms with Crippen molar-refractivity contribution in [1.29, 1.82) is 0 Å². The molecule has 7 nitrogen and oxygen atoms in total. The topological polar surface area (TPSA) is 84.9 Å². The van der Waals surface area contributed by atoms with Gasteiger partial charge >= 0.3 is 0 Å². The Kier molecular flexibility index (Phi) is 6.76. The van der Waals surface area contributed by atoms with Crippen LogP contribution in [0.15, 0.2) is 53.4 Å². The van der Waals surface area contributed by atoms with E-state index in [-0.39, 0.29) is 29.8 Å². The standard InChI is InChI=1S/C21H26N2O5S/c1-16(2)13-22-21(24)15-23(14-17-6-4-3-5-7-17)29(25,26)18-8-9-19-20(12-18)28-11-10-27-19/h3-9,12,16H,10-11,13-15H2,1-2H3,(H,22,24). The highest BCUT2D eigenvalue weighted by Gasteiger charge is 2.28. The Bertz CT molecular complexity index is 945. The van der Waals surface area contributed by atoms with E-state index in [0.29, 0.717) is 31.3 Å². The number of benzene rings is 2. The lowest BCUT2D eigenvalue weighted by molar-refractivity contribution is -0.121. The molecular formula is C21H26N2O5S. The molecule has 0 bridgehead atoms. The first-order chi connectivity index (χ1) is 13.9. The Hall–Kier alpha value is -2.58. The molecule has 3 rings (SSSR count). The number of ether oxygens (including phenoxy) is 2. The van der Waals surface area contributed by atoms with Crippen molar-refractivity contribution in [1.82, 2.24) is 9.62 Å². The molecule has 1 amide bonds. The van der Waals surface area contributed by atoms with Crippen LogP contribution in [0.1, 0.15) is 19.4 Å². The summed E-state index contributed by atoms with van der Waals surface area (Å²) in [6.07, 6.45) is 0. The molecule has 156 valence electrons. The van der Waals surface area contributed by atoms with Crippen molar-refractivity contribution in [2.45, 2.75) is 25.3 Å². The smallest absolute Gasteiger partial charge is 0.243 e. The maximum Gasteiger partial charge on any atom is 0.243 e. The van der Waals surface area contributed by atoms with Gasteiger partial charge in [0.05, 0.1) is 11.4 Å². The molecule has 2 aromatic rings. The van der Waals surface area contributed by atoms with Crippen molar-refractivity contribution in [2.24, 2.45) is 5.92 Å². The van der Waals surface area contributed by atoms with Crippen molar-refractivity contribution in [3.8, 4) is 11.5 Å². The largest absolute Gasteiger partial charge is 0.486 e. The molecule has 0 aliphatic carbocycles. The van der Waals surface area contributed by atoms with E-state index in [4.69, 9.17) is 9.47 Å². The van der Waals surface area contributed by atoms with E-state index in [9.17, 15) is 13.2 Å². The highest BCUT2D eigenvalue weighted by Crippen LogP contribution is 2.33. The lowest BCUT2D eigenvalue weighted by Gasteiger charge is -2.24. The lowest BCUT2D eigenvalue weighted by Crippen LogP contribution is -2.41. The predicted octanol–water partition coefficient (Wildman–Crippen LogP) is 2.42. The summed E-state index contributed by atoms with van der Waals surface area (Å²) in [5.74, 6) is 0.840. The molecule has 0 radical (unpaired) electrons. The first-order valence-electron chi connectivity index (χ1n) is 9.56. The van der Waals surface area contributed by atoms with Crippen LogP contribution in [-0.4, -0.2) is 44.9 Å². The van der Waals surface area contributed by atoms with Gasteiger partial charge in [0.1, 0.15) is 13.2 Å². The van der Waals surface area contributed by atoms with Gasteiger partial charge in [0.2, 0.25) is 15.9 Å². The van der Waals surface area contributed by atoms with Gasteiger partial charge in [-0.1, -0.05) is 44.2 Å². The minimum atomic E-state index is -3.93. The van der Waals surface area contributed by atoms with Gasteiger partial charge in [-0.15, -0.1) is 0 Å². The molecule has 0 unspecified atom stereocenters. The summed E-state index contributed by atoms with van der Waals surface area (Å²) in [6.45, 7) is 5.06. The van der Waals surface area contributed by atoms with E-state index >= 15 is 0 Å². The van der Waals surface area contributed by atoms with E-state index in [1.165, 1.54) is 16.4 Å². The molecule has 1 aliphatic heterocycles. The number of rotatable bonds is 8. The second-order valence-electron chi connectivity index (χ2n) is 7.26. The first kappa shape index (κ1) is 21.1. The summed E-state index contributed by atoms with van der Waals surface area (Å²) < 4.78 is 38.9. The number of hydrogen-bond acceptors (Lipinski definition) is 5. The fourth-order valence-corrected chi connectivity index (χ4v) is 4.28. The first-order valence-corrected chi connectivity index (χ1v) is 11.0. The zero-order chi connectivity index (χ0) is 20.9. The normalized spacial score (nSPS) is 13.5. The van der Waals surface area contributed by atoms with Crippen LogP contribution >= 0.6 is 0 Å². The van der Waals surface area contributed by atoms with Gasteiger partial charge in [0, 0.05) is 19.2 Å². The Morgan fingerprint density at radius 3 is 2.45 bits per heavy atom. The Morgan fingerprint density at radius 2 is 1.76 bits per heavy atom. The Morgan fingerprint density at radius 1 is 1.07 bits per heavy atom. The molecule has 29 heavy (non-hydrogen) atoms. The van der Waals surface area contributed by atoms with Crippen LogP contribution in [0, 0.1) is 5.92 Å². The Labute approximate surface area is 171 Å². The summed E-state index contributed by atoms with van der Waals surface area (Å²) >= 11 is 0. The maximum atomic E-state index is 13.3. The number of sulfonamides is 1. The summed E-state index contributed by atoms with van der Waals surface area (Å²) in [6, 6.07) is 13.7. The number of amides is 1. The quantitative estimate of drug-likeness (QED) is 0.712. The molecule has 0 fully saturated rings. The number of fused-ring (bicyclic) bond motifs is 1. The molecule has 0 spiro atoms. The average molecular weight is 419 g/mol. The van der Waals surface area contributed by atoms with Gasteiger partial charge in [0.25, 0.3) is 0 Å². The maximum absolute atomic E-state index is 13.3. The van der Waals surface area contributed by atoms with Gasteiger partial charge in [-0.05, 0) is 23.6 Å². The molecule has 0 saturated heterocycles. The second-order valence-corrected chi connectivity index (χ2v) is 9.20. The summed E-state index contributed by atoms with van der Waals surface area (Å²) in [5, 5.41) is 2.78. The molecule has 0 saturated carbocycles. The van der Waals surface area contributed by atoms with Gasteiger partial charge in [-0.25, -0.2) is 8.42 Å². The van der Waals surface area contributed by atoms with Crippen LogP contribution in [0.25, 0.3) is 0 Å². The van der Waals surface area contributed by atoms with Gasteiger partial charge < -0.3 is 14.8 Å². The molecule has 1 heterocycles. The summed E-state index contributed by atoms with van der Waals surface area (Å²) in [5.41, 5.74) is 0.797. The predicted molar refractivity (Wildman–Crippen MR) is 109 cm³/mol. The molecule has 1 N–H and O–H groups in total. The minimum Gasteiger partial charge on any atom is -0.486 e. The zero-order valence-electron chi connectivity index (χ0n) is 16.6. The highest BCUT2D eigenvalue weighted by molar-refractivity contribution is 7.89. The van der Waals surface area contributed by atoms with E-state index in [0.717, 1.165) is 5.56 Å². The van der Waals surface area contributed by atoms with Crippen LogP contribution in [0.4, 0.5) is 0 Å². The third-order valence-electron chi connectivity index (χ3n) is 4.38. The highest BCUT2D eigenvalue weighted by atomic mass is 32.2. The number of nitrogens with one attached hydrogen (secondary N) is 1. The number of nitrogens with zero attached hydrogens (tertiary/aromatic N) is 1. The average Bonchev–Trinajstić information content (AvgIpc) is 2.72. The van der Waals surface area contributed by atoms with Crippen molar-refractivity contribution in [2.75, 3.05) is 26.3 Å².